The predicted octanol–water partition coefficient (Wildman–Crippen LogP) is 6.04. The van der Waals surface area contributed by atoms with Crippen molar-refractivity contribution >= 4 is 5.69 Å². The van der Waals surface area contributed by atoms with Crippen molar-refractivity contribution in [2.24, 2.45) is 5.92 Å². The molecule has 0 unspecified atom stereocenters. The molecule has 0 spiro atoms. The molecule has 0 saturated carbocycles. The van der Waals surface area contributed by atoms with Gasteiger partial charge in [-0.3, -0.25) is 15.4 Å². The lowest BCUT2D eigenvalue weighted by atomic mass is 9.94. The Labute approximate surface area is 183 Å². The van der Waals surface area contributed by atoms with Gasteiger partial charge in [0.15, 0.2) is 0 Å². The zero-order valence-electron chi connectivity index (χ0n) is 18.5. The van der Waals surface area contributed by atoms with Crippen molar-refractivity contribution in [1.29, 1.82) is 0 Å². The van der Waals surface area contributed by atoms with Crippen LogP contribution in [0.15, 0.2) is 52.9 Å². The number of aromatic nitrogens is 2. The number of nitrogens with one attached hydrogen (secondary N) is 1. The van der Waals surface area contributed by atoms with Crippen LogP contribution in [0.4, 0.5) is 5.69 Å². The maximum atomic E-state index is 10.8. The highest BCUT2D eigenvalue weighted by atomic mass is 16.6. The maximum Gasteiger partial charge on any atom is 0.269 e. The van der Waals surface area contributed by atoms with E-state index in [1.165, 1.54) is 36.1 Å². The summed E-state index contributed by atoms with van der Waals surface area (Å²) in [5.74, 6) is 1.21. The molecular formula is C24H30N4O3. The Morgan fingerprint density at radius 3 is 2.29 bits per heavy atom. The number of hydrogen-bond acceptors (Lipinski definition) is 6. The van der Waals surface area contributed by atoms with E-state index in [-0.39, 0.29) is 17.8 Å². The molecule has 0 radical (unpaired) electrons. The highest BCUT2D eigenvalue weighted by Gasteiger charge is 2.22. The first-order chi connectivity index (χ1) is 14.9. The van der Waals surface area contributed by atoms with Crippen LogP contribution in [-0.4, -0.2) is 15.1 Å². The molecular weight excluding hydrogens is 392 g/mol. The summed E-state index contributed by atoms with van der Waals surface area (Å²) in [5, 5.41) is 22.8. The summed E-state index contributed by atoms with van der Waals surface area (Å²) in [6.07, 6.45) is 3.51. The van der Waals surface area contributed by atoms with E-state index in [2.05, 4.69) is 60.6 Å². The fourth-order valence-corrected chi connectivity index (χ4v) is 3.54. The average molecular weight is 423 g/mol. The lowest BCUT2D eigenvalue weighted by Crippen LogP contribution is -2.28. The minimum Gasteiger partial charge on any atom is -0.419 e. The number of hydrogen-bond donors (Lipinski definition) is 1. The van der Waals surface area contributed by atoms with Gasteiger partial charge in [0.1, 0.15) is 0 Å². The molecule has 2 aromatic carbocycles. The van der Waals surface area contributed by atoms with Crippen molar-refractivity contribution in [3.05, 3.63) is 75.7 Å². The van der Waals surface area contributed by atoms with Crippen molar-refractivity contribution in [1.82, 2.24) is 15.5 Å². The molecule has 1 heterocycles. The third-order valence-corrected chi connectivity index (χ3v) is 5.39. The van der Waals surface area contributed by atoms with Crippen molar-refractivity contribution < 1.29 is 9.34 Å². The normalized spacial score (nSPS) is 13.3. The molecule has 0 fully saturated rings. The topological polar surface area (TPSA) is 94.1 Å². The van der Waals surface area contributed by atoms with E-state index in [1.54, 1.807) is 12.1 Å². The van der Waals surface area contributed by atoms with Crippen LogP contribution in [0.3, 0.4) is 0 Å². The molecule has 31 heavy (non-hydrogen) atoms. The third kappa shape index (κ3) is 5.76. The second-order valence-corrected chi connectivity index (χ2v) is 8.20. The van der Waals surface area contributed by atoms with Crippen LogP contribution < -0.4 is 5.32 Å². The van der Waals surface area contributed by atoms with Gasteiger partial charge in [0, 0.05) is 23.7 Å². The maximum absolute atomic E-state index is 10.8. The Morgan fingerprint density at radius 1 is 1.03 bits per heavy atom. The summed E-state index contributed by atoms with van der Waals surface area (Å²) in [5.41, 5.74) is 3.28. The Morgan fingerprint density at radius 2 is 1.71 bits per heavy atom. The molecule has 0 aliphatic rings. The lowest BCUT2D eigenvalue weighted by Gasteiger charge is -2.25. The largest absolute Gasteiger partial charge is 0.419 e. The molecule has 0 aliphatic heterocycles. The fourth-order valence-electron chi connectivity index (χ4n) is 3.54. The van der Waals surface area contributed by atoms with Crippen LogP contribution in [-0.2, 0) is 6.42 Å². The summed E-state index contributed by atoms with van der Waals surface area (Å²) < 4.78 is 5.86. The molecule has 3 aromatic rings. The summed E-state index contributed by atoms with van der Waals surface area (Å²) in [4.78, 5) is 10.4. The second kappa shape index (κ2) is 10.3. The Kier molecular flexibility index (Phi) is 7.52. The molecule has 1 N–H and O–H groups in total. The monoisotopic (exact) mass is 422 g/mol. The highest BCUT2D eigenvalue weighted by Crippen LogP contribution is 2.28. The molecule has 7 nitrogen and oxygen atoms in total. The van der Waals surface area contributed by atoms with E-state index < -0.39 is 4.92 Å². The number of unbranched alkanes of at least 4 members (excludes halogenated alkanes) is 1. The molecule has 0 aliphatic carbocycles. The van der Waals surface area contributed by atoms with Crippen LogP contribution in [0.1, 0.15) is 69.6 Å². The Balaban J connectivity index is 1.71. The number of non-ortho nitro benzene ring substituents is 1. The first-order valence-electron chi connectivity index (χ1n) is 10.8. The van der Waals surface area contributed by atoms with E-state index in [4.69, 9.17) is 4.42 Å². The van der Waals surface area contributed by atoms with Gasteiger partial charge >= 0.3 is 0 Å². The summed E-state index contributed by atoms with van der Waals surface area (Å²) in [6.45, 7) is 8.58. The number of nitrogens with zero attached hydrogens (tertiary/aromatic N) is 3. The molecule has 0 amide bonds. The molecule has 164 valence electrons. The standard InChI is InChI=1S/C24H30N4O3/c1-5-6-7-18-8-10-19(11-9-18)22(16(2)3)25-17(4)23-26-27-24(31-23)20-12-14-21(15-13-20)28(29)30/h8-17,22,25H,5-7H2,1-4H3/t17-,22+/m1/s1. The van der Waals surface area contributed by atoms with Gasteiger partial charge in [-0.1, -0.05) is 51.5 Å². The predicted molar refractivity (Wildman–Crippen MR) is 121 cm³/mol. The Bertz CT molecular complexity index is 981. The fraction of sp³-hybridized carbons (Fsp3) is 0.417. The van der Waals surface area contributed by atoms with Crippen LogP contribution in [0, 0.1) is 16.0 Å². The van der Waals surface area contributed by atoms with E-state index in [9.17, 15) is 10.1 Å². The van der Waals surface area contributed by atoms with Gasteiger partial charge in [-0.25, -0.2) is 0 Å². The first kappa shape index (κ1) is 22.6. The summed E-state index contributed by atoms with van der Waals surface area (Å²) in [6, 6.07) is 14.9. The minimum atomic E-state index is -0.433. The van der Waals surface area contributed by atoms with Gasteiger partial charge in [-0.2, -0.15) is 0 Å². The number of nitro groups is 1. The Hall–Kier alpha value is -3.06. The molecule has 0 bridgehead atoms. The van der Waals surface area contributed by atoms with Gasteiger partial charge in [0.2, 0.25) is 11.8 Å². The van der Waals surface area contributed by atoms with E-state index in [0.717, 1.165) is 6.42 Å². The van der Waals surface area contributed by atoms with E-state index in [1.807, 2.05) is 6.92 Å². The SMILES string of the molecule is CCCCc1ccc([C@@H](N[C@H](C)c2nnc(-c3ccc([N+](=O)[O-])cc3)o2)C(C)C)cc1. The second-order valence-electron chi connectivity index (χ2n) is 8.20. The van der Waals surface area contributed by atoms with E-state index in [0.29, 0.717) is 23.3 Å². The average Bonchev–Trinajstić information content (AvgIpc) is 3.26. The minimum absolute atomic E-state index is 0.0269. The van der Waals surface area contributed by atoms with Gasteiger partial charge in [-0.05, 0) is 48.9 Å². The molecule has 1 aromatic heterocycles. The first-order valence-corrected chi connectivity index (χ1v) is 10.8. The summed E-state index contributed by atoms with van der Waals surface area (Å²) >= 11 is 0. The van der Waals surface area contributed by atoms with Crippen LogP contribution in [0.2, 0.25) is 0 Å². The molecule has 0 saturated heterocycles. The lowest BCUT2D eigenvalue weighted by molar-refractivity contribution is -0.384. The number of benzene rings is 2. The highest BCUT2D eigenvalue weighted by molar-refractivity contribution is 5.55. The van der Waals surface area contributed by atoms with Gasteiger partial charge < -0.3 is 4.42 Å². The molecule has 7 heteroatoms. The van der Waals surface area contributed by atoms with Crippen molar-refractivity contribution in [3.8, 4) is 11.5 Å². The van der Waals surface area contributed by atoms with Crippen molar-refractivity contribution in [2.75, 3.05) is 0 Å². The van der Waals surface area contributed by atoms with Gasteiger partial charge in [0.25, 0.3) is 5.69 Å². The van der Waals surface area contributed by atoms with Crippen LogP contribution in [0.25, 0.3) is 11.5 Å². The summed E-state index contributed by atoms with van der Waals surface area (Å²) in [7, 11) is 0. The molecule has 3 rings (SSSR count). The number of aryl methyl sites for hydroxylation is 1. The third-order valence-electron chi connectivity index (χ3n) is 5.39. The van der Waals surface area contributed by atoms with E-state index >= 15 is 0 Å². The smallest absolute Gasteiger partial charge is 0.269 e. The number of rotatable bonds is 10. The van der Waals surface area contributed by atoms with Crippen molar-refractivity contribution in [2.45, 2.75) is 59.0 Å². The van der Waals surface area contributed by atoms with Gasteiger partial charge in [-0.15, -0.1) is 10.2 Å². The zero-order chi connectivity index (χ0) is 22.4. The van der Waals surface area contributed by atoms with Crippen LogP contribution >= 0.6 is 0 Å². The van der Waals surface area contributed by atoms with Crippen LogP contribution in [0.5, 0.6) is 0 Å². The molecule has 2 atom stereocenters. The van der Waals surface area contributed by atoms with Crippen molar-refractivity contribution in [3.63, 3.8) is 0 Å². The van der Waals surface area contributed by atoms with Gasteiger partial charge in [0.05, 0.1) is 11.0 Å². The quantitative estimate of drug-likeness (QED) is 0.316. The zero-order valence-corrected chi connectivity index (χ0v) is 18.5. The number of nitro benzene ring substituents is 1.